The zero-order valence-corrected chi connectivity index (χ0v) is 8.61. The lowest BCUT2D eigenvalue weighted by Crippen LogP contribution is -2.05. The first-order chi connectivity index (χ1) is 7.07. The van der Waals surface area contributed by atoms with E-state index in [1.165, 1.54) is 12.1 Å². The van der Waals surface area contributed by atoms with Crippen molar-refractivity contribution >= 4 is 11.8 Å². The second-order valence-electron chi connectivity index (χ2n) is 3.36. The van der Waals surface area contributed by atoms with Crippen LogP contribution in [0.4, 0.5) is 13.2 Å². The first-order valence-corrected chi connectivity index (χ1v) is 5.49. The lowest BCUT2D eigenvalue weighted by molar-refractivity contribution is -0.137. The molecule has 1 aliphatic rings. The monoisotopic (exact) mass is 230 g/mol. The number of allylic oxidation sites excluding steroid dienone is 1. The molecule has 1 aromatic rings. The van der Waals surface area contributed by atoms with E-state index < -0.39 is 11.7 Å². The Morgan fingerprint density at radius 1 is 1.27 bits per heavy atom. The Bertz CT molecular complexity index is 374. The molecule has 4 heteroatoms. The summed E-state index contributed by atoms with van der Waals surface area (Å²) in [4.78, 5) is 0. The predicted octanol–water partition coefficient (Wildman–Crippen LogP) is 4.40. The minimum Gasteiger partial charge on any atom is -0.166 e. The summed E-state index contributed by atoms with van der Waals surface area (Å²) in [6.45, 7) is 0. The molecule has 1 unspecified atom stereocenters. The highest BCUT2D eigenvalue weighted by atomic mass is 32.2. The molecule has 0 aromatic heterocycles. The summed E-state index contributed by atoms with van der Waals surface area (Å²) in [5.41, 5.74) is 0.187. The number of hydrogen-bond acceptors (Lipinski definition) is 1. The van der Waals surface area contributed by atoms with Crippen LogP contribution in [0, 0.1) is 0 Å². The number of hydrogen-bond donors (Lipinski definition) is 0. The summed E-state index contributed by atoms with van der Waals surface area (Å²) in [6.07, 6.45) is -1.45. The molecule has 0 spiro atoms. The average molecular weight is 230 g/mol. The van der Waals surface area contributed by atoms with Crippen molar-refractivity contribution in [3.8, 4) is 0 Å². The maximum Gasteiger partial charge on any atom is 0.416 e. The van der Waals surface area contributed by atoms with Crippen LogP contribution in [0.1, 0.15) is 22.8 Å². The van der Waals surface area contributed by atoms with E-state index in [1.54, 1.807) is 17.8 Å². The smallest absolute Gasteiger partial charge is 0.166 e. The zero-order valence-electron chi connectivity index (χ0n) is 7.79. The molecule has 0 amide bonds. The molecule has 0 bridgehead atoms. The fourth-order valence-electron chi connectivity index (χ4n) is 1.52. The van der Waals surface area contributed by atoms with Gasteiger partial charge in [0.2, 0.25) is 0 Å². The van der Waals surface area contributed by atoms with Gasteiger partial charge in [-0.2, -0.15) is 13.2 Å². The van der Waals surface area contributed by atoms with E-state index in [9.17, 15) is 13.2 Å². The molecule has 0 saturated carbocycles. The van der Waals surface area contributed by atoms with Crippen molar-refractivity contribution in [2.45, 2.75) is 17.8 Å². The van der Waals surface area contributed by atoms with Crippen molar-refractivity contribution in [3.05, 3.63) is 46.9 Å². The van der Waals surface area contributed by atoms with Gasteiger partial charge in [0.15, 0.2) is 0 Å². The van der Waals surface area contributed by atoms with Gasteiger partial charge < -0.3 is 0 Å². The molecule has 1 aliphatic heterocycles. The standard InChI is InChI=1S/C11H9F3S/c12-11(13,14)9-4-1-3-8(7-9)10-5-2-6-15-10/h1-4,6-7,10H,5H2. The fourth-order valence-corrected chi connectivity index (χ4v) is 2.45. The van der Waals surface area contributed by atoms with E-state index in [0.717, 1.165) is 18.1 Å². The van der Waals surface area contributed by atoms with Gasteiger partial charge in [-0.3, -0.25) is 0 Å². The van der Waals surface area contributed by atoms with Gasteiger partial charge in [-0.05, 0) is 23.5 Å². The van der Waals surface area contributed by atoms with Crippen LogP contribution >= 0.6 is 11.8 Å². The third-order valence-corrected chi connectivity index (χ3v) is 3.42. The highest BCUT2D eigenvalue weighted by molar-refractivity contribution is 8.02. The Labute approximate surface area is 90.2 Å². The molecular weight excluding hydrogens is 221 g/mol. The molecule has 1 heterocycles. The van der Waals surface area contributed by atoms with E-state index in [-0.39, 0.29) is 5.25 Å². The van der Waals surface area contributed by atoms with Crippen LogP contribution in [0.15, 0.2) is 35.7 Å². The summed E-state index contributed by atoms with van der Waals surface area (Å²) < 4.78 is 37.3. The number of thioether (sulfide) groups is 1. The lowest BCUT2D eigenvalue weighted by Gasteiger charge is -2.12. The molecular formula is C11H9F3S. The predicted molar refractivity (Wildman–Crippen MR) is 55.5 cm³/mol. The zero-order chi connectivity index (χ0) is 10.9. The number of rotatable bonds is 1. The topological polar surface area (TPSA) is 0 Å². The number of alkyl halides is 3. The minimum absolute atomic E-state index is 0.146. The summed E-state index contributed by atoms with van der Waals surface area (Å²) in [5.74, 6) is 0. The molecule has 15 heavy (non-hydrogen) atoms. The third-order valence-electron chi connectivity index (χ3n) is 2.27. The molecule has 80 valence electrons. The summed E-state index contributed by atoms with van der Waals surface area (Å²) in [6, 6.07) is 5.57. The molecule has 2 rings (SSSR count). The first-order valence-electron chi connectivity index (χ1n) is 4.55. The highest BCUT2D eigenvalue weighted by Crippen LogP contribution is 2.40. The van der Waals surface area contributed by atoms with Crippen LogP contribution in [0.2, 0.25) is 0 Å². The Kier molecular flexibility index (Phi) is 2.78. The largest absolute Gasteiger partial charge is 0.416 e. The SMILES string of the molecule is FC(F)(F)c1cccc(C2CC=CS2)c1. The molecule has 0 radical (unpaired) electrons. The number of halogens is 3. The fraction of sp³-hybridized carbons (Fsp3) is 0.273. The summed E-state index contributed by atoms with van der Waals surface area (Å²) in [5, 5.41) is 2.08. The molecule has 1 atom stereocenters. The number of benzene rings is 1. The van der Waals surface area contributed by atoms with Gasteiger partial charge in [-0.15, -0.1) is 11.8 Å². The Morgan fingerprint density at radius 2 is 2.07 bits per heavy atom. The molecule has 0 N–H and O–H groups in total. The van der Waals surface area contributed by atoms with Gasteiger partial charge in [0.25, 0.3) is 0 Å². The maximum absolute atomic E-state index is 12.4. The van der Waals surface area contributed by atoms with Crippen LogP contribution in [0.25, 0.3) is 0 Å². The lowest BCUT2D eigenvalue weighted by atomic mass is 10.1. The third kappa shape index (κ3) is 2.37. The average Bonchev–Trinajstić information content (AvgIpc) is 2.69. The van der Waals surface area contributed by atoms with Gasteiger partial charge >= 0.3 is 6.18 Å². The van der Waals surface area contributed by atoms with Gasteiger partial charge in [-0.1, -0.05) is 24.3 Å². The van der Waals surface area contributed by atoms with Crippen LogP contribution in [-0.2, 0) is 6.18 Å². The second kappa shape index (κ2) is 3.93. The van der Waals surface area contributed by atoms with Gasteiger partial charge in [0, 0.05) is 5.25 Å². The van der Waals surface area contributed by atoms with Crippen LogP contribution in [0.3, 0.4) is 0 Å². The van der Waals surface area contributed by atoms with Crippen LogP contribution < -0.4 is 0 Å². The van der Waals surface area contributed by atoms with E-state index in [0.29, 0.717) is 0 Å². The summed E-state index contributed by atoms with van der Waals surface area (Å²) in [7, 11) is 0. The maximum atomic E-state index is 12.4. The van der Waals surface area contributed by atoms with E-state index in [1.807, 2.05) is 11.5 Å². The normalized spacial score (nSPS) is 20.9. The van der Waals surface area contributed by atoms with Crippen molar-refractivity contribution in [2.75, 3.05) is 0 Å². The quantitative estimate of drug-likeness (QED) is 0.689. The van der Waals surface area contributed by atoms with Gasteiger partial charge in [0.05, 0.1) is 5.56 Å². The van der Waals surface area contributed by atoms with E-state index in [2.05, 4.69) is 0 Å². The molecule has 1 aromatic carbocycles. The Morgan fingerprint density at radius 3 is 2.67 bits per heavy atom. The van der Waals surface area contributed by atoms with Crippen molar-refractivity contribution in [2.24, 2.45) is 0 Å². The molecule has 0 nitrogen and oxygen atoms in total. The van der Waals surface area contributed by atoms with Gasteiger partial charge in [0.1, 0.15) is 0 Å². The summed E-state index contributed by atoms with van der Waals surface area (Å²) >= 11 is 1.57. The first kappa shape index (κ1) is 10.6. The second-order valence-corrected chi connectivity index (χ2v) is 4.47. The van der Waals surface area contributed by atoms with Crippen molar-refractivity contribution in [1.82, 2.24) is 0 Å². The van der Waals surface area contributed by atoms with Crippen molar-refractivity contribution in [1.29, 1.82) is 0 Å². The molecule has 0 saturated heterocycles. The van der Waals surface area contributed by atoms with E-state index >= 15 is 0 Å². The highest BCUT2D eigenvalue weighted by Gasteiger charge is 2.31. The van der Waals surface area contributed by atoms with Crippen molar-refractivity contribution in [3.63, 3.8) is 0 Å². The minimum atomic E-state index is -4.24. The van der Waals surface area contributed by atoms with E-state index in [4.69, 9.17) is 0 Å². The Balaban J connectivity index is 2.26. The van der Waals surface area contributed by atoms with Gasteiger partial charge in [-0.25, -0.2) is 0 Å². The van der Waals surface area contributed by atoms with Crippen molar-refractivity contribution < 1.29 is 13.2 Å². The molecule has 0 fully saturated rings. The molecule has 0 aliphatic carbocycles. The van der Waals surface area contributed by atoms with Crippen LogP contribution in [-0.4, -0.2) is 0 Å². The van der Waals surface area contributed by atoms with Crippen LogP contribution in [0.5, 0.6) is 0 Å². The Hall–Kier alpha value is -0.900.